The minimum absolute atomic E-state index is 0.0308. The van der Waals surface area contributed by atoms with E-state index in [-0.39, 0.29) is 5.69 Å². The summed E-state index contributed by atoms with van der Waals surface area (Å²) in [7, 11) is 0. The topological polar surface area (TPSA) is 63.2 Å². The van der Waals surface area contributed by atoms with Crippen LogP contribution in [0.15, 0.2) is 24.3 Å². The van der Waals surface area contributed by atoms with E-state index in [4.69, 9.17) is 0 Å². The maximum Gasteiger partial charge on any atom is 0.239 e. The predicted molar refractivity (Wildman–Crippen MR) is 74.0 cm³/mol. The lowest BCUT2D eigenvalue weighted by atomic mass is 9.68. The van der Waals surface area contributed by atoms with Crippen molar-refractivity contribution >= 4 is 23.2 Å². The third-order valence-corrected chi connectivity index (χ3v) is 5.22. The monoisotopic (exact) mass is 289 g/mol. The summed E-state index contributed by atoms with van der Waals surface area (Å²) in [5.74, 6) is -2.63. The molecule has 1 N–H and O–H groups in total. The van der Waals surface area contributed by atoms with Crippen molar-refractivity contribution in [3.8, 4) is 0 Å². The third-order valence-electron chi connectivity index (χ3n) is 5.22. The Bertz CT molecular complexity index is 667. The summed E-state index contributed by atoms with van der Waals surface area (Å²) >= 11 is 0. The molecule has 2 atom stereocenters. The molecule has 1 amide bonds. The first-order valence-corrected chi connectivity index (χ1v) is 6.97. The number of para-hydroxylation sites is 1. The van der Waals surface area contributed by atoms with Gasteiger partial charge >= 0.3 is 0 Å². The maximum absolute atomic E-state index is 13.7. The summed E-state index contributed by atoms with van der Waals surface area (Å²) in [6, 6.07) is 5.78. The summed E-state index contributed by atoms with van der Waals surface area (Å²) in [6.07, 6.45) is 0.873. The van der Waals surface area contributed by atoms with Crippen molar-refractivity contribution in [1.29, 1.82) is 0 Å². The molecule has 2 bridgehead atoms. The average Bonchev–Trinajstić information content (AvgIpc) is 2.78. The van der Waals surface area contributed by atoms with Gasteiger partial charge in [0.1, 0.15) is 11.2 Å². The lowest BCUT2D eigenvalue weighted by Gasteiger charge is -2.33. The normalized spacial score (nSPS) is 29.8. The van der Waals surface area contributed by atoms with E-state index in [0.717, 1.165) is 0 Å². The zero-order valence-corrected chi connectivity index (χ0v) is 11.9. The van der Waals surface area contributed by atoms with Crippen LogP contribution in [-0.4, -0.2) is 17.5 Å². The van der Waals surface area contributed by atoms with Gasteiger partial charge in [-0.1, -0.05) is 26.0 Å². The Balaban J connectivity index is 1.99. The zero-order valence-electron chi connectivity index (χ0n) is 11.9. The van der Waals surface area contributed by atoms with Gasteiger partial charge in [0.2, 0.25) is 17.5 Å². The summed E-state index contributed by atoms with van der Waals surface area (Å²) in [6.45, 7) is 3.54. The van der Waals surface area contributed by atoms with Gasteiger partial charge in [0.25, 0.3) is 0 Å². The lowest BCUT2D eigenvalue weighted by Crippen LogP contribution is -2.47. The van der Waals surface area contributed by atoms with Crippen LogP contribution in [0.4, 0.5) is 10.1 Å². The van der Waals surface area contributed by atoms with E-state index in [1.165, 1.54) is 18.2 Å². The number of benzene rings is 1. The number of nitrogens with one attached hydrogen (secondary N) is 1. The highest BCUT2D eigenvalue weighted by atomic mass is 19.1. The van der Waals surface area contributed by atoms with Gasteiger partial charge in [0.05, 0.1) is 5.69 Å². The minimum Gasteiger partial charge on any atom is -0.323 e. The second kappa shape index (κ2) is 4.23. The quantitative estimate of drug-likeness (QED) is 0.671. The highest BCUT2D eigenvalue weighted by molar-refractivity contribution is 6.48. The Labute approximate surface area is 121 Å². The smallest absolute Gasteiger partial charge is 0.239 e. The molecule has 0 aliphatic heterocycles. The van der Waals surface area contributed by atoms with Crippen LogP contribution in [0.2, 0.25) is 0 Å². The molecule has 21 heavy (non-hydrogen) atoms. The van der Waals surface area contributed by atoms with Crippen molar-refractivity contribution in [2.24, 2.45) is 16.7 Å². The first kappa shape index (κ1) is 13.9. The Hall–Kier alpha value is -2.04. The Morgan fingerprint density at radius 3 is 2.52 bits per heavy atom. The van der Waals surface area contributed by atoms with E-state index in [0.29, 0.717) is 12.8 Å². The molecule has 2 fully saturated rings. The number of ketones is 2. The molecule has 0 aromatic heterocycles. The molecule has 0 unspecified atom stereocenters. The van der Waals surface area contributed by atoms with Gasteiger partial charge in [-0.25, -0.2) is 4.39 Å². The van der Waals surface area contributed by atoms with Crippen LogP contribution < -0.4 is 5.32 Å². The fraction of sp³-hybridized carbons (Fsp3) is 0.438. The molecule has 5 heteroatoms. The van der Waals surface area contributed by atoms with E-state index in [1.807, 2.05) is 0 Å². The van der Waals surface area contributed by atoms with Crippen LogP contribution in [0.1, 0.15) is 26.7 Å². The minimum atomic E-state index is -1.36. The third kappa shape index (κ3) is 1.57. The van der Waals surface area contributed by atoms with E-state index in [2.05, 4.69) is 5.32 Å². The molecule has 2 aliphatic carbocycles. The molecular weight excluding hydrogens is 273 g/mol. The number of rotatable bonds is 2. The number of amides is 1. The van der Waals surface area contributed by atoms with Crippen molar-refractivity contribution in [2.75, 3.05) is 5.32 Å². The zero-order chi connectivity index (χ0) is 15.4. The fourth-order valence-corrected chi connectivity index (χ4v) is 3.88. The summed E-state index contributed by atoms with van der Waals surface area (Å²) in [5.41, 5.74) is -2.06. The van der Waals surface area contributed by atoms with Gasteiger partial charge in [-0.15, -0.1) is 0 Å². The standard InChI is InChI=1S/C16H16FNO3/c1-15(2)9-7-8-16(15,13(20)12(9)19)14(21)18-11-6-4-3-5-10(11)17/h3-6,9H,7-8H2,1-2H3,(H,18,21)/t9-,16-/m1/s1. The molecule has 0 radical (unpaired) electrons. The second-order valence-corrected chi connectivity index (χ2v) is 6.35. The molecule has 2 saturated carbocycles. The van der Waals surface area contributed by atoms with Crippen molar-refractivity contribution < 1.29 is 18.8 Å². The van der Waals surface area contributed by atoms with Crippen LogP contribution in [0.3, 0.4) is 0 Å². The molecule has 4 nitrogen and oxygen atoms in total. The number of hydrogen-bond donors (Lipinski definition) is 1. The van der Waals surface area contributed by atoms with Crippen LogP contribution in [0, 0.1) is 22.6 Å². The maximum atomic E-state index is 13.7. The highest BCUT2D eigenvalue weighted by Crippen LogP contribution is 2.62. The van der Waals surface area contributed by atoms with Crippen LogP contribution in [-0.2, 0) is 14.4 Å². The van der Waals surface area contributed by atoms with E-state index in [9.17, 15) is 18.8 Å². The number of halogens is 1. The molecule has 0 heterocycles. The lowest BCUT2D eigenvalue weighted by molar-refractivity contribution is -0.147. The van der Waals surface area contributed by atoms with Gasteiger partial charge in [0, 0.05) is 5.92 Å². The molecule has 1 aromatic carbocycles. The first-order chi connectivity index (χ1) is 9.82. The van der Waals surface area contributed by atoms with Crippen LogP contribution in [0.25, 0.3) is 0 Å². The van der Waals surface area contributed by atoms with Gasteiger partial charge in [-0.05, 0) is 30.4 Å². The number of hydrogen-bond acceptors (Lipinski definition) is 3. The van der Waals surface area contributed by atoms with E-state index in [1.54, 1.807) is 19.9 Å². The number of Topliss-reactive ketones (excluding diaryl/α,β-unsaturated/α-hetero) is 2. The molecular formula is C16H16FNO3. The Kier molecular flexibility index (Phi) is 2.80. The highest BCUT2D eigenvalue weighted by Gasteiger charge is 2.72. The SMILES string of the molecule is CC1(C)[C@@H]2CC[C@]1(C(=O)Nc1ccccc1F)C(=O)C2=O. The van der Waals surface area contributed by atoms with Crippen molar-refractivity contribution in [3.05, 3.63) is 30.1 Å². The summed E-state index contributed by atoms with van der Waals surface area (Å²) in [4.78, 5) is 37.0. The van der Waals surface area contributed by atoms with Crippen molar-refractivity contribution in [2.45, 2.75) is 26.7 Å². The fourth-order valence-electron chi connectivity index (χ4n) is 3.88. The Morgan fingerprint density at radius 1 is 1.29 bits per heavy atom. The molecule has 0 spiro atoms. The van der Waals surface area contributed by atoms with Gasteiger partial charge in [-0.3, -0.25) is 14.4 Å². The van der Waals surface area contributed by atoms with Crippen molar-refractivity contribution in [1.82, 2.24) is 0 Å². The number of carbonyl (C=O) groups excluding carboxylic acids is 3. The number of anilines is 1. The molecule has 3 rings (SSSR count). The predicted octanol–water partition coefficient (Wildman–Crippen LogP) is 2.34. The van der Waals surface area contributed by atoms with Crippen molar-refractivity contribution in [3.63, 3.8) is 0 Å². The number of fused-ring (bicyclic) bond motifs is 2. The second-order valence-electron chi connectivity index (χ2n) is 6.35. The molecule has 0 saturated heterocycles. The van der Waals surface area contributed by atoms with E-state index < -0.39 is 40.0 Å². The Morgan fingerprint density at radius 2 is 1.95 bits per heavy atom. The van der Waals surface area contributed by atoms with E-state index >= 15 is 0 Å². The average molecular weight is 289 g/mol. The van der Waals surface area contributed by atoms with Gasteiger partial charge in [-0.2, -0.15) is 0 Å². The van der Waals surface area contributed by atoms with Gasteiger partial charge in [0.15, 0.2) is 0 Å². The first-order valence-electron chi connectivity index (χ1n) is 6.97. The molecule has 110 valence electrons. The largest absolute Gasteiger partial charge is 0.323 e. The van der Waals surface area contributed by atoms with Crippen LogP contribution >= 0.6 is 0 Å². The van der Waals surface area contributed by atoms with Crippen LogP contribution in [0.5, 0.6) is 0 Å². The molecule has 1 aromatic rings. The molecule has 2 aliphatic rings. The summed E-state index contributed by atoms with van der Waals surface area (Å²) < 4.78 is 13.7. The number of carbonyl (C=O) groups is 3. The summed E-state index contributed by atoms with van der Waals surface area (Å²) in [5, 5.41) is 2.49. The van der Waals surface area contributed by atoms with Gasteiger partial charge < -0.3 is 5.32 Å².